The molecule has 0 unspecified atom stereocenters. The van der Waals surface area contributed by atoms with E-state index >= 15 is 0 Å². The molecular weight excluding hydrogens is 368 g/mol. The number of rotatable bonds is 4. The van der Waals surface area contributed by atoms with Crippen LogP contribution in [0.25, 0.3) is 0 Å². The molecule has 0 saturated carbocycles. The summed E-state index contributed by atoms with van der Waals surface area (Å²) in [6, 6.07) is 7.17. The van der Waals surface area contributed by atoms with Crippen LogP contribution >= 0.6 is 0 Å². The van der Waals surface area contributed by atoms with Gasteiger partial charge in [0.15, 0.2) is 0 Å². The first kappa shape index (κ1) is 18.9. The summed E-state index contributed by atoms with van der Waals surface area (Å²) in [5.74, 6) is -2.80. The van der Waals surface area contributed by atoms with Crippen LogP contribution in [0.15, 0.2) is 48.8 Å². The molecule has 0 spiro atoms. The van der Waals surface area contributed by atoms with E-state index in [0.29, 0.717) is 28.6 Å². The van der Waals surface area contributed by atoms with E-state index in [1.165, 1.54) is 18.5 Å². The Hall–Kier alpha value is -3.88. The number of nitrogen functional groups attached to an aromatic ring is 1. The third-order valence-corrected chi connectivity index (χ3v) is 3.79. The number of amides is 2. The number of halogens is 2. The van der Waals surface area contributed by atoms with Gasteiger partial charge in [0.05, 0.1) is 18.1 Å². The van der Waals surface area contributed by atoms with Crippen molar-refractivity contribution < 1.29 is 18.4 Å². The van der Waals surface area contributed by atoms with Gasteiger partial charge in [-0.25, -0.2) is 18.7 Å². The molecule has 142 valence electrons. The number of anilines is 3. The van der Waals surface area contributed by atoms with Gasteiger partial charge in [-0.2, -0.15) is 0 Å². The maximum Gasteiger partial charge on any atom is 0.256 e. The topological polar surface area (TPSA) is 110 Å². The van der Waals surface area contributed by atoms with E-state index in [0.717, 1.165) is 12.1 Å². The molecule has 28 heavy (non-hydrogen) atoms. The van der Waals surface area contributed by atoms with Crippen molar-refractivity contribution in [1.29, 1.82) is 0 Å². The third kappa shape index (κ3) is 4.44. The third-order valence-electron chi connectivity index (χ3n) is 3.79. The number of carbonyl (C=O) groups excluding carboxylic acids is 2. The number of nitrogens with one attached hydrogen (secondary N) is 2. The van der Waals surface area contributed by atoms with E-state index in [2.05, 4.69) is 20.6 Å². The lowest BCUT2D eigenvalue weighted by Crippen LogP contribution is -2.16. The van der Waals surface area contributed by atoms with Crippen LogP contribution in [0.3, 0.4) is 0 Å². The van der Waals surface area contributed by atoms with Gasteiger partial charge >= 0.3 is 0 Å². The average Bonchev–Trinajstić information content (AvgIpc) is 2.64. The molecule has 4 N–H and O–H groups in total. The lowest BCUT2D eigenvalue weighted by atomic mass is 10.1. The molecule has 0 aliphatic carbocycles. The molecule has 7 nitrogen and oxygen atoms in total. The van der Waals surface area contributed by atoms with E-state index < -0.39 is 23.4 Å². The Morgan fingerprint density at radius 1 is 0.893 bits per heavy atom. The monoisotopic (exact) mass is 383 g/mol. The van der Waals surface area contributed by atoms with Gasteiger partial charge in [-0.3, -0.25) is 9.59 Å². The fourth-order valence-corrected chi connectivity index (χ4v) is 2.43. The van der Waals surface area contributed by atoms with Crippen LogP contribution < -0.4 is 16.4 Å². The highest BCUT2D eigenvalue weighted by molar-refractivity contribution is 6.08. The van der Waals surface area contributed by atoms with Crippen LogP contribution in [0.2, 0.25) is 0 Å². The zero-order chi connectivity index (χ0) is 20.3. The standard InChI is InChI=1S/C19H15F2N5O2/c1-10-2-3-14(25-17(27)11-4-12(20)6-13(21)5-11)7-16(10)18(28)26-15-8-23-19(22)24-9-15/h2-9H,1H3,(H,25,27)(H,26,28)(H2,22,23,24). The second-order valence-corrected chi connectivity index (χ2v) is 5.93. The minimum Gasteiger partial charge on any atom is -0.368 e. The predicted octanol–water partition coefficient (Wildman–Crippen LogP) is 3.15. The molecule has 9 heteroatoms. The Morgan fingerprint density at radius 2 is 1.50 bits per heavy atom. The average molecular weight is 383 g/mol. The SMILES string of the molecule is Cc1ccc(NC(=O)c2cc(F)cc(F)c2)cc1C(=O)Nc1cnc(N)nc1. The molecule has 2 aromatic carbocycles. The number of nitrogens with two attached hydrogens (primary N) is 1. The first-order chi connectivity index (χ1) is 13.3. The van der Waals surface area contributed by atoms with Crippen molar-refractivity contribution >= 4 is 29.1 Å². The summed E-state index contributed by atoms with van der Waals surface area (Å²) in [5, 5.41) is 5.14. The zero-order valence-corrected chi connectivity index (χ0v) is 14.7. The molecule has 0 aliphatic rings. The molecule has 2 amide bonds. The maximum atomic E-state index is 13.3. The quantitative estimate of drug-likeness (QED) is 0.641. The molecule has 1 heterocycles. The highest BCUT2D eigenvalue weighted by Gasteiger charge is 2.14. The molecule has 0 atom stereocenters. The second-order valence-electron chi connectivity index (χ2n) is 5.93. The summed E-state index contributed by atoms with van der Waals surface area (Å²) in [5.41, 5.74) is 6.81. The highest BCUT2D eigenvalue weighted by Crippen LogP contribution is 2.18. The molecule has 3 rings (SSSR count). The first-order valence-corrected chi connectivity index (χ1v) is 8.09. The van der Waals surface area contributed by atoms with Gasteiger partial charge in [-0.05, 0) is 36.8 Å². The van der Waals surface area contributed by atoms with Gasteiger partial charge in [0.1, 0.15) is 11.6 Å². The number of carbonyl (C=O) groups is 2. The summed E-state index contributed by atoms with van der Waals surface area (Å²) in [4.78, 5) is 32.3. The fourth-order valence-electron chi connectivity index (χ4n) is 2.43. The Morgan fingerprint density at radius 3 is 2.14 bits per heavy atom. The number of nitrogens with zero attached hydrogens (tertiary/aromatic N) is 2. The van der Waals surface area contributed by atoms with Gasteiger partial charge in [0, 0.05) is 22.9 Å². The molecule has 0 fully saturated rings. The van der Waals surface area contributed by atoms with Gasteiger partial charge in [0.2, 0.25) is 5.95 Å². The van der Waals surface area contributed by atoms with Crippen LogP contribution in [-0.2, 0) is 0 Å². The second kappa shape index (κ2) is 7.78. The minimum absolute atomic E-state index is 0.0766. The predicted molar refractivity (Wildman–Crippen MR) is 99.9 cm³/mol. The van der Waals surface area contributed by atoms with Crippen molar-refractivity contribution in [1.82, 2.24) is 9.97 Å². The number of benzene rings is 2. The first-order valence-electron chi connectivity index (χ1n) is 8.09. The van der Waals surface area contributed by atoms with Crippen molar-refractivity contribution in [3.8, 4) is 0 Å². The minimum atomic E-state index is -0.861. The summed E-state index contributed by atoms with van der Waals surface area (Å²) in [6.07, 6.45) is 2.72. The lowest BCUT2D eigenvalue weighted by Gasteiger charge is -2.11. The zero-order valence-electron chi connectivity index (χ0n) is 14.7. The number of aryl methyl sites for hydroxylation is 1. The normalized spacial score (nSPS) is 10.4. The number of aromatic nitrogens is 2. The Bertz CT molecular complexity index is 1030. The van der Waals surface area contributed by atoms with E-state index in [1.54, 1.807) is 19.1 Å². The maximum absolute atomic E-state index is 13.3. The Kier molecular flexibility index (Phi) is 5.25. The van der Waals surface area contributed by atoms with Crippen molar-refractivity contribution in [2.45, 2.75) is 6.92 Å². The fraction of sp³-hybridized carbons (Fsp3) is 0.0526. The summed E-state index contributed by atoms with van der Waals surface area (Å²) < 4.78 is 26.6. The lowest BCUT2D eigenvalue weighted by molar-refractivity contribution is 0.101. The summed E-state index contributed by atoms with van der Waals surface area (Å²) >= 11 is 0. The van der Waals surface area contributed by atoms with E-state index in [9.17, 15) is 18.4 Å². The Balaban J connectivity index is 1.79. The van der Waals surface area contributed by atoms with E-state index in [1.807, 2.05) is 0 Å². The molecule has 0 bridgehead atoms. The van der Waals surface area contributed by atoms with Gasteiger partial charge < -0.3 is 16.4 Å². The smallest absolute Gasteiger partial charge is 0.256 e. The molecule has 0 saturated heterocycles. The van der Waals surface area contributed by atoms with Crippen molar-refractivity contribution in [2.75, 3.05) is 16.4 Å². The largest absolute Gasteiger partial charge is 0.368 e. The Labute approximate surface area is 158 Å². The molecular formula is C19H15F2N5O2. The highest BCUT2D eigenvalue weighted by atomic mass is 19.1. The van der Waals surface area contributed by atoms with Gasteiger partial charge in [-0.1, -0.05) is 6.07 Å². The van der Waals surface area contributed by atoms with Crippen LogP contribution in [0.5, 0.6) is 0 Å². The van der Waals surface area contributed by atoms with Crippen molar-refractivity contribution in [3.63, 3.8) is 0 Å². The number of hydrogen-bond donors (Lipinski definition) is 3. The van der Waals surface area contributed by atoms with Crippen LogP contribution in [-0.4, -0.2) is 21.8 Å². The van der Waals surface area contributed by atoms with E-state index in [-0.39, 0.29) is 11.5 Å². The van der Waals surface area contributed by atoms with Crippen LogP contribution in [0.1, 0.15) is 26.3 Å². The van der Waals surface area contributed by atoms with Crippen LogP contribution in [0, 0.1) is 18.6 Å². The van der Waals surface area contributed by atoms with Crippen LogP contribution in [0.4, 0.5) is 26.1 Å². The summed E-state index contributed by atoms with van der Waals surface area (Å²) in [6.45, 7) is 1.72. The van der Waals surface area contributed by atoms with Crippen molar-refractivity contribution in [2.24, 2.45) is 0 Å². The van der Waals surface area contributed by atoms with Crippen molar-refractivity contribution in [3.05, 3.63) is 77.1 Å². The van der Waals surface area contributed by atoms with Gasteiger partial charge in [-0.15, -0.1) is 0 Å². The molecule has 3 aromatic rings. The molecule has 1 aromatic heterocycles. The van der Waals surface area contributed by atoms with E-state index in [4.69, 9.17) is 5.73 Å². The summed E-state index contributed by atoms with van der Waals surface area (Å²) in [7, 11) is 0. The molecule has 0 aliphatic heterocycles. The van der Waals surface area contributed by atoms with Gasteiger partial charge in [0.25, 0.3) is 11.8 Å². The molecule has 0 radical (unpaired) electrons. The number of hydrogen-bond acceptors (Lipinski definition) is 5.